The first kappa shape index (κ1) is 12.9. The highest BCUT2D eigenvalue weighted by Gasteiger charge is 2.11. The van der Waals surface area contributed by atoms with Gasteiger partial charge in [-0.1, -0.05) is 0 Å². The molecule has 0 atom stereocenters. The molecule has 0 radical (unpaired) electrons. The van der Waals surface area contributed by atoms with Crippen LogP contribution in [0.4, 0.5) is 5.69 Å². The number of nitrogen functional groups attached to an aromatic ring is 1. The summed E-state index contributed by atoms with van der Waals surface area (Å²) in [5, 5.41) is 0. The zero-order chi connectivity index (χ0) is 13.0. The molecule has 0 spiro atoms. The summed E-state index contributed by atoms with van der Waals surface area (Å²) in [6.45, 7) is 5.45. The Balaban J connectivity index is 1.87. The molecule has 4 nitrogen and oxygen atoms in total. The number of likely N-dealkylation sites (tertiary alicyclic amines) is 1. The van der Waals surface area contributed by atoms with E-state index in [2.05, 4.69) is 4.90 Å². The lowest BCUT2D eigenvalue weighted by molar-refractivity contribution is 0.101. The van der Waals surface area contributed by atoms with Crippen molar-refractivity contribution in [2.24, 2.45) is 0 Å². The normalized spacial score (nSPS) is 15.8. The Morgan fingerprint density at radius 3 is 2.72 bits per heavy atom. The molecule has 0 amide bonds. The van der Waals surface area contributed by atoms with Gasteiger partial charge in [0.15, 0.2) is 5.78 Å². The van der Waals surface area contributed by atoms with E-state index < -0.39 is 0 Å². The van der Waals surface area contributed by atoms with Gasteiger partial charge in [0.1, 0.15) is 12.4 Å². The molecule has 18 heavy (non-hydrogen) atoms. The van der Waals surface area contributed by atoms with Gasteiger partial charge in [0, 0.05) is 12.1 Å². The second-order valence-electron chi connectivity index (χ2n) is 4.71. The third-order valence-electron chi connectivity index (χ3n) is 3.28. The van der Waals surface area contributed by atoms with Crippen molar-refractivity contribution in [1.82, 2.24) is 4.90 Å². The molecule has 1 fully saturated rings. The summed E-state index contributed by atoms with van der Waals surface area (Å²) >= 11 is 0. The third kappa shape index (κ3) is 3.23. The molecule has 1 saturated heterocycles. The van der Waals surface area contributed by atoms with Gasteiger partial charge < -0.3 is 10.5 Å². The Hall–Kier alpha value is -1.55. The lowest BCUT2D eigenvalue weighted by atomic mass is 10.1. The van der Waals surface area contributed by atoms with Crippen molar-refractivity contribution < 1.29 is 9.53 Å². The van der Waals surface area contributed by atoms with Gasteiger partial charge in [-0.05, 0) is 51.1 Å². The van der Waals surface area contributed by atoms with Crippen molar-refractivity contribution in [3.8, 4) is 5.75 Å². The lowest BCUT2D eigenvalue weighted by Gasteiger charge is -2.15. The van der Waals surface area contributed by atoms with Crippen LogP contribution in [-0.4, -0.2) is 36.9 Å². The monoisotopic (exact) mass is 248 g/mol. The number of ether oxygens (including phenoxy) is 1. The first-order valence-corrected chi connectivity index (χ1v) is 6.42. The van der Waals surface area contributed by atoms with E-state index in [1.54, 1.807) is 18.2 Å². The van der Waals surface area contributed by atoms with Gasteiger partial charge in [0.25, 0.3) is 0 Å². The van der Waals surface area contributed by atoms with Gasteiger partial charge >= 0.3 is 0 Å². The molecule has 2 rings (SSSR count). The second-order valence-corrected chi connectivity index (χ2v) is 4.71. The van der Waals surface area contributed by atoms with E-state index in [1.807, 2.05) is 0 Å². The van der Waals surface area contributed by atoms with Crippen molar-refractivity contribution >= 4 is 11.5 Å². The standard InChI is InChI=1S/C14H20N2O2/c1-11(17)12-4-5-14(13(15)10-12)18-9-8-16-6-2-3-7-16/h4-5,10H,2-3,6-9,15H2,1H3. The van der Waals surface area contributed by atoms with E-state index in [9.17, 15) is 4.79 Å². The molecule has 4 heteroatoms. The minimum absolute atomic E-state index is 0.0188. The number of hydrogen-bond acceptors (Lipinski definition) is 4. The maximum Gasteiger partial charge on any atom is 0.159 e. The Bertz CT molecular complexity index is 426. The number of carbonyl (C=O) groups excluding carboxylic acids is 1. The molecule has 0 aromatic heterocycles. The predicted octanol–water partition coefficient (Wildman–Crippen LogP) is 1.95. The molecule has 0 bridgehead atoms. The maximum atomic E-state index is 11.2. The fourth-order valence-corrected chi connectivity index (χ4v) is 2.19. The summed E-state index contributed by atoms with van der Waals surface area (Å²) in [4.78, 5) is 13.6. The van der Waals surface area contributed by atoms with Crippen molar-refractivity contribution in [2.45, 2.75) is 19.8 Å². The van der Waals surface area contributed by atoms with Crippen LogP contribution in [0.1, 0.15) is 30.1 Å². The van der Waals surface area contributed by atoms with Gasteiger partial charge in [-0.3, -0.25) is 9.69 Å². The summed E-state index contributed by atoms with van der Waals surface area (Å²) in [7, 11) is 0. The van der Waals surface area contributed by atoms with Gasteiger partial charge in [0.2, 0.25) is 0 Å². The average Bonchev–Trinajstić information content (AvgIpc) is 2.84. The van der Waals surface area contributed by atoms with Crippen LogP contribution >= 0.6 is 0 Å². The van der Waals surface area contributed by atoms with Crippen LogP contribution in [0, 0.1) is 0 Å². The van der Waals surface area contributed by atoms with E-state index in [4.69, 9.17) is 10.5 Å². The van der Waals surface area contributed by atoms with E-state index >= 15 is 0 Å². The first-order chi connectivity index (χ1) is 8.66. The number of anilines is 1. The van der Waals surface area contributed by atoms with E-state index in [0.717, 1.165) is 6.54 Å². The average molecular weight is 248 g/mol. The van der Waals surface area contributed by atoms with Crippen LogP contribution in [0.15, 0.2) is 18.2 Å². The fraction of sp³-hybridized carbons (Fsp3) is 0.500. The van der Waals surface area contributed by atoms with Gasteiger partial charge in [0.05, 0.1) is 5.69 Å². The predicted molar refractivity (Wildman–Crippen MR) is 72.0 cm³/mol. The Labute approximate surface area is 108 Å². The van der Waals surface area contributed by atoms with Gasteiger partial charge in [-0.25, -0.2) is 0 Å². The molecule has 2 N–H and O–H groups in total. The number of ketones is 1. The van der Waals surface area contributed by atoms with Gasteiger partial charge in [-0.2, -0.15) is 0 Å². The van der Waals surface area contributed by atoms with E-state index in [-0.39, 0.29) is 5.78 Å². The van der Waals surface area contributed by atoms with Crippen molar-refractivity contribution in [2.75, 3.05) is 32.0 Å². The lowest BCUT2D eigenvalue weighted by Crippen LogP contribution is -2.25. The van der Waals surface area contributed by atoms with Crippen LogP contribution < -0.4 is 10.5 Å². The second kappa shape index (κ2) is 5.87. The number of carbonyl (C=O) groups is 1. The van der Waals surface area contributed by atoms with Crippen molar-refractivity contribution in [3.63, 3.8) is 0 Å². The number of Topliss-reactive ketones (excluding diaryl/α,β-unsaturated/α-hetero) is 1. The molecule has 0 unspecified atom stereocenters. The number of hydrogen-bond donors (Lipinski definition) is 1. The van der Waals surface area contributed by atoms with E-state index in [0.29, 0.717) is 23.6 Å². The highest BCUT2D eigenvalue weighted by Crippen LogP contribution is 2.22. The zero-order valence-corrected chi connectivity index (χ0v) is 10.8. The molecule has 1 aliphatic heterocycles. The molecular formula is C14H20N2O2. The van der Waals surface area contributed by atoms with Crippen LogP contribution in [0.5, 0.6) is 5.75 Å². The SMILES string of the molecule is CC(=O)c1ccc(OCCN2CCCC2)c(N)c1. The van der Waals surface area contributed by atoms with Crippen LogP contribution in [0.3, 0.4) is 0 Å². The molecule has 1 heterocycles. The zero-order valence-electron chi connectivity index (χ0n) is 10.8. The quantitative estimate of drug-likeness (QED) is 0.639. The minimum Gasteiger partial charge on any atom is -0.490 e. The molecule has 1 aliphatic rings. The highest BCUT2D eigenvalue weighted by molar-refractivity contribution is 5.95. The molecular weight excluding hydrogens is 228 g/mol. The number of nitrogens with two attached hydrogens (primary N) is 1. The summed E-state index contributed by atoms with van der Waals surface area (Å²) in [6.07, 6.45) is 2.57. The molecule has 98 valence electrons. The molecule has 1 aromatic carbocycles. The number of rotatable bonds is 5. The summed E-state index contributed by atoms with van der Waals surface area (Å²) < 4.78 is 5.66. The smallest absolute Gasteiger partial charge is 0.159 e. The summed E-state index contributed by atoms with van der Waals surface area (Å²) in [5.41, 5.74) is 7.02. The van der Waals surface area contributed by atoms with Crippen LogP contribution in [-0.2, 0) is 0 Å². The Morgan fingerprint density at radius 2 is 2.11 bits per heavy atom. The number of nitrogens with zero attached hydrogens (tertiary/aromatic N) is 1. The Kier molecular flexibility index (Phi) is 4.20. The van der Waals surface area contributed by atoms with Crippen molar-refractivity contribution in [3.05, 3.63) is 23.8 Å². The molecule has 1 aromatic rings. The fourth-order valence-electron chi connectivity index (χ4n) is 2.19. The largest absolute Gasteiger partial charge is 0.490 e. The molecule has 0 saturated carbocycles. The Morgan fingerprint density at radius 1 is 1.39 bits per heavy atom. The summed E-state index contributed by atoms with van der Waals surface area (Å²) in [6, 6.07) is 5.20. The third-order valence-corrected chi connectivity index (χ3v) is 3.28. The minimum atomic E-state index is 0.0188. The topological polar surface area (TPSA) is 55.6 Å². The summed E-state index contributed by atoms with van der Waals surface area (Å²) in [5.74, 6) is 0.685. The number of benzene rings is 1. The first-order valence-electron chi connectivity index (χ1n) is 6.42. The molecule has 0 aliphatic carbocycles. The maximum absolute atomic E-state index is 11.2. The van der Waals surface area contributed by atoms with Crippen LogP contribution in [0.25, 0.3) is 0 Å². The van der Waals surface area contributed by atoms with E-state index in [1.165, 1.54) is 32.9 Å². The van der Waals surface area contributed by atoms with Crippen LogP contribution in [0.2, 0.25) is 0 Å². The van der Waals surface area contributed by atoms with Gasteiger partial charge in [-0.15, -0.1) is 0 Å². The van der Waals surface area contributed by atoms with Crippen molar-refractivity contribution in [1.29, 1.82) is 0 Å². The highest BCUT2D eigenvalue weighted by atomic mass is 16.5.